The Morgan fingerprint density at radius 2 is 1.60 bits per heavy atom. The van der Waals surface area contributed by atoms with E-state index in [-0.39, 0.29) is 18.8 Å². The molecule has 0 bridgehead atoms. The summed E-state index contributed by atoms with van der Waals surface area (Å²) in [4.78, 5) is 0. The smallest absolute Gasteiger partial charge is 0.161 e. The fraction of sp³-hybridized carbons (Fsp3) is 0.143. The number of nitrogens with one attached hydrogen (secondary N) is 1. The van der Waals surface area contributed by atoms with Crippen molar-refractivity contribution in [2.45, 2.75) is 0 Å². The van der Waals surface area contributed by atoms with Crippen LogP contribution in [0.2, 0.25) is 0 Å². The Kier molecular flexibility index (Phi) is 4.89. The van der Waals surface area contributed by atoms with Gasteiger partial charge in [0, 0.05) is 23.2 Å². The third-order valence-electron chi connectivity index (χ3n) is 2.51. The molecular formula is C14H11BrF3NO. The number of halogens is 4. The lowest BCUT2D eigenvalue weighted by Gasteiger charge is -2.09. The molecule has 0 saturated carbocycles. The molecule has 0 saturated heterocycles. The molecule has 0 aromatic heterocycles. The van der Waals surface area contributed by atoms with Crippen LogP contribution in [-0.4, -0.2) is 13.2 Å². The molecule has 0 atom stereocenters. The molecule has 0 fully saturated rings. The maximum absolute atomic E-state index is 13.3. The molecule has 0 aliphatic heterocycles. The first-order valence-corrected chi connectivity index (χ1v) is 6.62. The zero-order valence-corrected chi connectivity index (χ0v) is 11.9. The van der Waals surface area contributed by atoms with Crippen LogP contribution in [0.1, 0.15) is 0 Å². The molecule has 0 radical (unpaired) electrons. The van der Waals surface area contributed by atoms with Gasteiger partial charge in [-0.3, -0.25) is 0 Å². The van der Waals surface area contributed by atoms with Crippen LogP contribution in [0.25, 0.3) is 0 Å². The van der Waals surface area contributed by atoms with Crippen LogP contribution in [0, 0.1) is 17.5 Å². The standard InChI is InChI=1S/C14H11BrF3NO/c15-9-1-3-10(4-2-9)20-6-5-19-14-8-12(17)11(16)7-13(14)18/h1-4,7-8,19H,5-6H2. The first kappa shape index (κ1) is 14.7. The summed E-state index contributed by atoms with van der Waals surface area (Å²) in [7, 11) is 0. The van der Waals surface area contributed by atoms with Crippen LogP contribution in [-0.2, 0) is 0 Å². The summed E-state index contributed by atoms with van der Waals surface area (Å²) in [5, 5.41) is 2.65. The molecule has 2 rings (SSSR count). The lowest BCUT2D eigenvalue weighted by molar-refractivity contribution is 0.332. The Morgan fingerprint density at radius 1 is 0.950 bits per heavy atom. The number of ether oxygens (including phenoxy) is 1. The molecule has 0 heterocycles. The summed E-state index contributed by atoms with van der Waals surface area (Å²) in [5.41, 5.74) is -0.0942. The predicted molar refractivity (Wildman–Crippen MR) is 74.4 cm³/mol. The maximum Gasteiger partial charge on any atom is 0.161 e. The van der Waals surface area contributed by atoms with Crippen LogP contribution in [0.4, 0.5) is 18.9 Å². The number of rotatable bonds is 5. The van der Waals surface area contributed by atoms with E-state index in [4.69, 9.17) is 4.74 Å². The predicted octanol–water partition coefficient (Wildman–Crippen LogP) is 4.36. The SMILES string of the molecule is Fc1cc(F)c(NCCOc2ccc(Br)cc2)cc1F. The van der Waals surface area contributed by atoms with Crippen molar-refractivity contribution < 1.29 is 17.9 Å². The average molecular weight is 346 g/mol. The molecular weight excluding hydrogens is 335 g/mol. The Morgan fingerprint density at radius 3 is 2.30 bits per heavy atom. The third kappa shape index (κ3) is 3.90. The van der Waals surface area contributed by atoms with Gasteiger partial charge in [-0.2, -0.15) is 0 Å². The van der Waals surface area contributed by atoms with Crippen molar-refractivity contribution in [3.63, 3.8) is 0 Å². The molecule has 0 aliphatic rings. The first-order valence-electron chi connectivity index (χ1n) is 5.83. The highest BCUT2D eigenvalue weighted by molar-refractivity contribution is 9.10. The zero-order chi connectivity index (χ0) is 14.5. The van der Waals surface area contributed by atoms with E-state index >= 15 is 0 Å². The summed E-state index contributed by atoms with van der Waals surface area (Å²) in [6.07, 6.45) is 0. The zero-order valence-electron chi connectivity index (χ0n) is 10.3. The minimum Gasteiger partial charge on any atom is -0.492 e. The van der Waals surface area contributed by atoms with E-state index in [0.717, 1.165) is 10.5 Å². The van der Waals surface area contributed by atoms with Gasteiger partial charge in [0.1, 0.15) is 18.2 Å². The monoisotopic (exact) mass is 345 g/mol. The first-order chi connectivity index (χ1) is 9.56. The lowest BCUT2D eigenvalue weighted by atomic mass is 10.3. The van der Waals surface area contributed by atoms with Gasteiger partial charge in [0.25, 0.3) is 0 Å². The molecule has 20 heavy (non-hydrogen) atoms. The fourth-order valence-corrected chi connectivity index (χ4v) is 1.81. The number of benzene rings is 2. The van der Waals surface area contributed by atoms with Crippen molar-refractivity contribution >= 4 is 21.6 Å². The van der Waals surface area contributed by atoms with Gasteiger partial charge in [-0.15, -0.1) is 0 Å². The quantitative estimate of drug-likeness (QED) is 0.642. The van der Waals surface area contributed by atoms with E-state index < -0.39 is 17.5 Å². The highest BCUT2D eigenvalue weighted by atomic mass is 79.9. The van der Waals surface area contributed by atoms with Gasteiger partial charge in [0.05, 0.1) is 5.69 Å². The van der Waals surface area contributed by atoms with Gasteiger partial charge in [-0.25, -0.2) is 13.2 Å². The van der Waals surface area contributed by atoms with Gasteiger partial charge in [0.2, 0.25) is 0 Å². The third-order valence-corrected chi connectivity index (χ3v) is 3.04. The van der Waals surface area contributed by atoms with Gasteiger partial charge < -0.3 is 10.1 Å². The second kappa shape index (κ2) is 6.65. The van der Waals surface area contributed by atoms with E-state index in [0.29, 0.717) is 11.8 Å². The van der Waals surface area contributed by atoms with Crippen molar-refractivity contribution in [3.05, 3.63) is 58.3 Å². The fourth-order valence-electron chi connectivity index (χ4n) is 1.54. The molecule has 2 aromatic rings. The van der Waals surface area contributed by atoms with Gasteiger partial charge >= 0.3 is 0 Å². The maximum atomic E-state index is 13.3. The van der Waals surface area contributed by atoms with Crippen LogP contribution in [0.15, 0.2) is 40.9 Å². The summed E-state index contributed by atoms with van der Waals surface area (Å²) in [5.74, 6) is -2.48. The van der Waals surface area contributed by atoms with E-state index in [9.17, 15) is 13.2 Å². The van der Waals surface area contributed by atoms with Gasteiger partial charge in [-0.05, 0) is 24.3 Å². The van der Waals surface area contributed by atoms with Gasteiger partial charge in [0.15, 0.2) is 11.6 Å². The number of anilines is 1. The summed E-state index contributed by atoms with van der Waals surface area (Å²) in [6.45, 7) is 0.526. The Balaban J connectivity index is 1.84. The highest BCUT2D eigenvalue weighted by Gasteiger charge is 2.09. The van der Waals surface area contributed by atoms with Crippen molar-refractivity contribution in [2.24, 2.45) is 0 Å². The summed E-state index contributed by atoms with van der Waals surface area (Å²) >= 11 is 3.30. The van der Waals surface area contributed by atoms with Crippen LogP contribution >= 0.6 is 15.9 Å². The van der Waals surface area contributed by atoms with Crippen molar-refractivity contribution in [2.75, 3.05) is 18.5 Å². The highest BCUT2D eigenvalue weighted by Crippen LogP contribution is 2.18. The van der Waals surface area contributed by atoms with Crippen molar-refractivity contribution in [1.82, 2.24) is 0 Å². The second-order valence-electron chi connectivity index (χ2n) is 3.98. The Hall–Kier alpha value is -1.69. The topological polar surface area (TPSA) is 21.3 Å². The van der Waals surface area contributed by atoms with Crippen molar-refractivity contribution in [3.8, 4) is 5.75 Å². The van der Waals surface area contributed by atoms with Crippen LogP contribution in [0.3, 0.4) is 0 Å². The van der Waals surface area contributed by atoms with Crippen molar-refractivity contribution in [1.29, 1.82) is 0 Å². The summed E-state index contributed by atoms with van der Waals surface area (Å²) in [6, 6.07) is 8.51. The lowest BCUT2D eigenvalue weighted by Crippen LogP contribution is -2.12. The molecule has 2 aromatic carbocycles. The summed E-state index contributed by atoms with van der Waals surface area (Å²) < 4.78 is 45.3. The molecule has 1 N–H and O–H groups in total. The molecule has 0 amide bonds. The van der Waals surface area contributed by atoms with E-state index in [1.807, 2.05) is 12.1 Å². The molecule has 6 heteroatoms. The van der Waals surface area contributed by atoms with Crippen LogP contribution < -0.4 is 10.1 Å². The Labute approximate surface area is 122 Å². The molecule has 0 spiro atoms. The van der Waals surface area contributed by atoms with E-state index in [1.165, 1.54) is 0 Å². The van der Waals surface area contributed by atoms with E-state index in [1.54, 1.807) is 12.1 Å². The van der Waals surface area contributed by atoms with E-state index in [2.05, 4.69) is 21.2 Å². The Bertz CT molecular complexity index is 590. The number of hydrogen-bond donors (Lipinski definition) is 1. The molecule has 0 unspecified atom stereocenters. The largest absolute Gasteiger partial charge is 0.492 e. The average Bonchev–Trinajstić information content (AvgIpc) is 2.42. The minimum absolute atomic E-state index is 0.0942. The normalized spacial score (nSPS) is 10.4. The number of hydrogen-bond acceptors (Lipinski definition) is 2. The van der Waals surface area contributed by atoms with Crippen LogP contribution in [0.5, 0.6) is 5.75 Å². The minimum atomic E-state index is -1.21. The molecule has 106 valence electrons. The van der Waals surface area contributed by atoms with Gasteiger partial charge in [-0.1, -0.05) is 15.9 Å². The second-order valence-corrected chi connectivity index (χ2v) is 4.89. The molecule has 0 aliphatic carbocycles. The molecule has 2 nitrogen and oxygen atoms in total.